The summed E-state index contributed by atoms with van der Waals surface area (Å²) in [4.78, 5) is 36.6. The summed E-state index contributed by atoms with van der Waals surface area (Å²) in [5.41, 5.74) is 2.35. The molecule has 0 bridgehead atoms. The van der Waals surface area contributed by atoms with E-state index >= 15 is 0 Å². The molecule has 0 heterocycles. The molecule has 0 aromatic heterocycles. The number of carboxylic acids is 1. The van der Waals surface area contributed by atoms with E-state index in [1.54, 1.807) is 68.6 Å². The van der Waals surface area contributed by atoms with Gasteiger partial charge in [0.25, 0.3) is 0 Å². The molecular weight excluding hydrogens is 386 g/mol. The highest BCUT2D eigenvalue weighted by atomic mass is 16.5. The number of carbonyl (C=O) groups is 3. The third-order valence-corrected chi connectivity index (χ3v) is 4.24. The standard InChI is InChI=1S/C23H25NO6/c1-3-30-23(28)13-10-17-4-6-18(7-5-17)14-21(25)24(16-22(26)27)15-19-8-11-20(29-2)12-9-19/h4-13H,3,14-16H2,1-2H3,(H,26,27)/b13-10+. The maximum absolute atomic E-state index is 12.7. The first-order valence-corrected chi connectivity index (χ1v) is 9.47. The maximum atomic E-state index is 12.7. The van der Waals surface area contributed by atoms with Crippen molar-refractivity contribution in [3.8, 4) is 5.75 Å². The SMILES string of the molecule is CCOC(=O)/C=C/c1ccc(CC(=O)N(CC(=O)O)Cc2ccc(OC)cc2)cc1. The van der Waals surface area contributed by atoms with Gasteiger partial charge in [-0.25, -0.2) is 4.79 Å². The van der Waals surface area contributed by atoms with Crippen LogP contribution in [0.5, 0.6) is 5.75 Å². The fraction of sp³-hybridized carbons (Fsp3) is 0.261. The number of rotatable bonds is 10. The summed E-state index contributed by atoms with van der Waals surface area (Å²) in [5.74, 6) is -1.09. The molecule has 0 unspecified atom stereocenters. The van der Waals surface area contributed by atoms with E-state index in [0.29, 0.717) is 12.4 Å². The molecule has 1 amide bonds. The Morgan fingerprint density at radius 2 is 1.63 bits per heavy atom. The second-order valence-corrected chi connectivity index (χ2v) is 6.50. The highest BCUT2D eigenvalue weighted by molar-refractivity contribution is 5.87. The normalized spacial score (nSPS) is 10.6. The van der Waals surface area contributed by atoms with Crippen LogP contribution in [0.1, 0.15) is 23.6 Å². The number of esters is 1. The Morgan fingerprint density at radius 1 is 1.00 bits per heavy atom. The van der Waals surface area contributed by atoms with E-state index in [0.717, 1.165) is 16.7 Å². The Bertz CT molecular complexity index is 887. The van der Waals surface area contributed by atoms with Gasteiger partial charge in [0, 0.05) is 12.6 Å². The van der Waals surface area contributed by atoms with Gasteiger partial charge in [-0.3, -0.25) is 9.59 Å². The molecule has 0 aliphatic rings. The van der Waals surface area contributed by atoms with Crippen molar-refractivity contribution >= 4 is 23.9 Å². The van der Waals surface area contributed by atoms with Gasteiger partial charge in [-0.2, -0.15) is 0 Å². The van der Waals surface area contributed by atoms with E-state index < -0.39 is 11.9 Å². The van der Waals surface area contributed by atoms with E-state index in [1.165, 1.54) is 11.0 Å². The Morgan fingerprint density at radius 3 is 2.20 bits per heavy atom. The number of benzene rings is 2. The van der Waals surface area contributed by atoms with Crippen LogP contribution in [0.2, 0.25) is 0 Å². The number of hydrogen-bond donors (Lipinski definition) is 1. The van der Waals surface area contributed by atoms with Gasteiger partial charge >= 0.3 is 11.9 Å². The fourth-order valence-corrected chi connectivity index (χ4v) is 2.73. The third-order valence-electron chi connectivity index (χ3n) is 4.24. The summed E-state index contributed by atoms with van der Waals surface area (Å²) < 4.78 is 9.94. The molecule has 2 aromatic rings. The molecule has 0 saturated carbocycles. The largest absolute Gasteiger partial charge is 0.497 e. The van der Waals surface area contributed by atoms with Gasteiger partial charge in [0.2, 0.25) is 5.91 Å². The highest BCUT2D eigenvalue weighted by Crippen LogP contribution is 2.14. The lowest BCUT2D eigenvalue weighted by atomic mass is 10.1. The number of hydrogen-bond acceptors (Lipinski definition) is 5. The number of aliphatic carboxylic acids is 1. The highest BCUT2D eigenvalue weighted by Gasteiger charge is 2.17. The quantitative estimate of drug-likeness (QED) is 0.477. The summed E-state index contributed by atoms with van der Waals surface area (Å²) in [6.07, 6.45) is 3.04. The third kappa shape index (κ3) is 7.43. The van der Waals surface area contributed by atoms with Gasteiger partial charge in [0.1, 0.15) is 12.3 Å². The number of ether oxygens (including phenoxy) is 2. The van der Waals surface area contributed by atoms with Crippen LogP contribution < -0.4 is 4.74 Å². The molecule has 0 radical (unpaired) electrons. The van der Waals surface area contributed by atoms with Crippen molar-refractivity contribution < 1.29 is 29.0 Å². The van der Waals surface area contributed by atoms with Crippen molar-refractivity contribution in [3.05, 3.63) is 71.3 Å². The molecular formula is C23H25NO6. The zero-order valence-corrected chi connectivity index (χ0v) is 17.0. The summed E-state index contributed by atoms with van der Waals surface area (Å²) in [7, 11) is 1.56. The van der Waals surface area contributed by atoms with Gasteiger partial charge in [0.05, 0.1) is 20.1 Å². The van der Waals surface area contributed by atoms with Crippen LogP contribution >= 0.6 is 0 Å². The Labute approximate surface area is 175 Å². The maximum Gasteiger partial charge on any atom is 0.330 e. The molecule has 0 aliphatic heterocycles. The number of amides is 1. The van der Waals surface area contributed by atoms with E-state index in [-0.39, 0.29) is 25.4 Å². The molecule has 0 spiro atoms. The van der Waals surface area contributed by atoms with Crippen molar-refractivity contribution in [1.29, 1.82) is 0 Å². The van der Waals surface area contributed by atoms with Crippen LogP contribution in [0.15, 0.2) is 54.6 Å². The summed E-state index contributed by atoms with van der Waals surface area (Å²) in [6.45, 7) is 1.86. The topological polar surface area (TPSA) is 93.1 Å². The minimum absolute atomic E-state index is 0.0747. The van der Waals surface area contributed by atoms with Gasteiger partial charge in [-0.05, 0) is 41.8 Å². The monoisotopic (exact) mass is 411 g/mol. The lowest BCUT2D eigenvalue weighted by Crippen LogP contribution is -2.36. The van der Waals surface area contributed by atoms with E-state index in [4.69, 9.17) is 9.47 Å². The Hall–Kier alpha value is -3.61. The van der Waals surface area contributed by atoms with Gasteiger partial charge in [-0.1, -0.05) is 36.4 Å². The van der Waals surface area contributed by atoms with Crippen molar-refractivity contribution in [2.24, 2.45) is 0 Å². The summed E-state index contributed by atoms with van der Waals surface area (Å²) in [6, 6.07) is 14.2. The van der Waals surface area contributed by atoms with Crippen LogP contribution in [0.4, 0.5) is 0 Å². The predicted molar refractivity (Wildman–Crippen MR) is 112 cm³/mol. The van der Waals surface area contributed by atoms with Crippen LogP contribution in [0.25, 0.3) is 6.08 Å². The van der Waals surface area contributed by atoms with Gasteiger partial charge in [0.15, 0.2) is 0 Å². The van der Waals surface area contributed by atoms with Gasteiger partial charge < -0.3 is 19.5 Å². The van der Waals surface area contributed by atoms with Crippen molar-refractivity contribution in [2.75, 3.05) is 20.3 Å². The minimum Gasteiger partial charge on any atom is -0.497 e. The Balaban J connectivity index is 2.03. The zero-order chi connectivity index (χ0) is 21.9. The molecule has 0 fully saturated rings. The second kappa shape index (κ2) is 11.4. The minimum atomic E-state index is -1.07. The van der Waals surface area contributed by atoms with Crippen LogP contribution in [0.3, 0.4) is 0 Å². The van der Waals surface area contributed by atoms with E-state index in [1.807, 2.05) is 0 Å². The van der Waals surface area contributed by atoms with Crippen LogP contribution in [0, 0.1) is 0 Å². The molecule has 30 heavy (non-hydrogen) atoms. The van der Waals surface area contributed by atoms with Crippen molar-refractivity contribution in [3.63, 3.8) is 0 Å². The molecule has 1 N–H and O–H groups in total. The second-order valence-electron chi connectivity index (χ2n) is 6.50. The Kier molecular flexibility index (Phi) is 8.62. The molecule has 2 aromatic carbocycles. The lowest BCUT2D eigenvalue weighted by Gasteiger charge is -2.21. The average Bonchev–Trinajstić information content (AvgIpc) is 2.73. The fourth-order valence-electron chi connectivity index (χ4n) is 2.73. The molecule has 0 atom stereocenters. The molecule has 7 nitrogen and oxygen atoms in total. The number of nitrogens with zero attached hydrogens (tertiary/aromatic N) is 1. The number of carbonyl (C=O) groups excluding carboxylic acids is 2. The first kappa shape index (κ1) is 22.7. The average molecular weight is 411 g/mol. The van der Waals surface area contributed by atoms with Gasteiger partial charge in [-0.15, -0.1) is 0 Å². The van der Waals surface area contributed by atoms with Crippen molar-refractivity contribution in [1.82, 2.24) is 4.90 Å². The first-order chi connectivity index (χ1) is 14.4. The summed E-state index contributed by atoms with van der Waals surface area (Å²) in [5, 5.41) is 9.18. The molecule has 0 saturated heterocycles. The molecule has 158 valence electrons. The predicted octanol–water partition coefficient (Wildman–Crippen LogP) is 2.93. The zero-order valence-electron chi connectivity index (χ0n) is 17.0. The molecule has 2 rings (SSSR count). The molecule has 0 aliphatic carbocycles. The van der Waals surface area contributed by atoms with Crippen molar-refractivity contribution in [2.45, 2.75) is 19.9 Å². The number of methoxy groups -OCH3 is 1. The smallest absolute Gasteiger partial charge is 0.330 e. The van der Waals surface area contributed by atoms with Crippen LogP contribution in [-0.2, 0) is 32.1 Å². The van der Waals surface area contributed by atoms with E-state index in [2.05, 4.69) is 0 Å². The first-order valence-electron chi connectivity index (χ1n) is 9.47. The van der Waals surface area contributed by atoms with Crippen LogP contribution in [-0.4, -0.2) is 48.1 Å². The lowest BCUT2D eigenvalue weighted by molar-refractivity contribution is -0.144. The molecule has 7 heteroatoms. The summed E-state index contributed by atoms with van der Waals surface area (Å²) >= 11 is 0. The van der Waals surface area contributed by atoms with E-state index in [9.17, 15) is 19.5 Å². The number of carboxylic acid groups (broad SMARTS) is 1.